The van der Waals surface area contributed by atoms with E-state index in [0.29, 0.717) is 41.8 Å². The molecule has 0 saturated heterocycles. The molecule has 0 saturated carbocycles. The van der Waals surface area contributed by atoms with Crippen LogP contribution >= 0.6 is 11.3 Å². The first-order valence-electron chi connectivity index (χ1n) is 7.63. The molecule has 126 valence electrons. The lowest BCUT2D eigenvalue weighted by atomic mass is 10.2. The Balaban J connectivity index is 1.57. The average Bonchev–Trinajstić information content (AvgIpc) is 3.03. The first kappa shape index (κ1) is 15.6. The van der Waals surface area contributed by atoms with Crippen molar-refractivity contribution in [2.75, 3.05) is 13.2 Å². The van der Waals surface area contributed by atoms with Gasteiger partial charge in [0, 0.05) is 35.9 Å². The molecule has 0 N–H and O–H groups in total. The number of carbonyl (C=O) groups excluding carboxylic acids is 1. The van der Waals surface area contributed by atoms with E-state index in [2.05, 4.69) is 15.0 Å². The number of hydrogen-bond acceptors (Lipinski definition) is 6. The van der Waals surface area contributed by atoms with Crippen LogP contribution in [0.4, 0.5) is 4.39 Å². The molecular formula is C17H13FN4O2S. The summed E-state index contributed by atoms with van der Waals surface area (Å²) in [6, 6.07) is 4.35. The maximum atomic E-state index is 13.3. The van der Waals surface area contributed by atoms with Gasteiger partial charge in [-0.1, -0.05) is 6.07 Å². The molecule has 1 amide bonds. The molecule has 0 spiro atoms. The third kappa shape index (κ3) is 3.20. The summed E-state index contributed by atoms with van der Waals surface area (Å²) in [6.07, 6.45) is 4.78. The van der Waals surface area contributed by atoms with Gasteiger partial charge in [0.05, 0.1) is 12.7 Å². The lowest BCUT2D eigenvalue weighted by Crippen LogP contribution is -2.32. The SMILES string of the molecule is O=C(c1csc(-c2cnccn2)n1)N1CCOc2cc(F)ccc2C1. The van der Waals surface area contributed by atoms with E-state index in [0.717, 1.165) is 5.56 Å². The lowest BCUT2D eigenvalue weighted by molar-refractivity contribution is 0.0728. The minimum Gasteiger partial charge on any atom is -0.491 e. The summed E-state index contributed by atoms with van der Waals surface area (Å²) >= 11 is 1.35. The number of thiazole rings is 1. The second-order valence-corrected chi connectivity index (χ2v) is 6.31. The van der Waals surface area contributed by atoms with Gasteiger partial charge in [0.1, 0.15) is 34.6 Å². The molecule has 25 heavy (non-hydrogen) atoms. The van der Waals surface area contributed by atoms with Gasteiger partial charge in [0.25, 0.3) is 5.91 Å². The highest BCUT2D eigenvalue weighted by atomic mass is 32.1. The standard InChI is InChI=1S/C17H13FN4O2S/c18-12-2-1-11-9-22(5-6-24-15(11)7-12)17(23)14-10-25-16(21-14)13-8-19-3-4-20-13/h1-4,7-8,10H,5-6,9H2. The first-order chi connectivity index (χ1) is 12.2. The van der Waals surface area contributed by atoms with E-state index in [9.17, 15) is 9.18 Å². The largest absolute Gasteiger partial charge is 0.491 e. The maximum absolute atomic E-state index is 13.3. The number of fused-ring (bicyclic) bond motifs is 1. The second-order valence-electron chi connectivity index (χ2n) is 5.46. The van der Waals surface area contributed by atoms with Gasteiger partial charge in [0.15, 0.2) is 0 Å². The van der Waals surface area contributed by atoms with Crippen molar-refractivity contribution in [1.82, 2.24) is 19.9 Å². The van der Waals surface area contributed by atoms with Crippen LogP contribution in [0.3, 0.4) is 0 Å². The van der Waals surface area contributed by atoms with Crippen molar-refractivity contribution in [3.8, 4) is 16.5 Å². The predicted octanol–water partition coefficient (Wildman–Crippen LogP) is 2.77. The number of halogens is 1. The number of amides is 1. The molecule has 0 atom stereocenters. The Morgan fingerprint density at radius 1 is 1.32 bits per heavy atom. The molecule has 0 radical (unpaired) electrons. The Morgan fingerprint density at radius 2 is 2.24 bits per heavy atom. The van der Waals surface area contributed by atoms with Crippen molar-refractivity contribution < 1.29 is 13.9 Å². The highest BCUT2D eigenvalue weighted by molar-refractivity contribution is 7.13. The zero-order valence-corrected chi connectivity index (χ0v) is 13.9. The summed E-state index contributed by atoms with van der Waals surface area (Å²) in [4.78, 5) is 27.0. The first-order valence-corrected chi connectivity index (χ1v) is 8.51. The number of nitrogens with zero attached hydrogens (tertiary/aromatic N) is 4. The molecule has 6 nitrogen and oxygen atoms in total. The topological polar surface area (TPSA) is 68.2 Å². The van der Waals surface area contributed by atoms with Crippen molar-refractivity contribution in [2.45, 2.75) is 6.54 Å². The maximum Gasteiger partial charge on any atom is 0.273 e. The molecular weight excluding hydrogens is 343 g/mol. The summed E-state index contributed by atoms with van der Waals surface area (Å²) in [5, 5.41) is 2.36. The van der Waals surface area contributed by atoms with Crippen LogP contribution < -0.4 is 4.74 Å². The Kier molecular flexibility index (Phi) is 4.10. The summed E-state index contributed by atoms with van der Waals surface area (Å²) in [7, 11) is 0. The van der Waals surface area contributed by atoms with Crippen molar-refractivity contribution in [3.05, 3.63) is 59.2 Å². The average molecular weight is 356 g/mol. The molecule has 1 aliphatic heterocycles. The summed E-state index contributed by atoms with van der Waals surface area (Å²) in [6.45, 7) is 1.07. The fourth-order valence-electron chi connectivity index (χ4n) is 2.58. The number of carbonyl (C=O) groups is 1. The summed E-state index contributed by atoms with van der Waals surface area (Å²) in [5.41, 5.74) is 1.76. The van der Waals surface area contributed by atoms with Gasteiger partial charge in [-0.15, -0.1) is 11.3 Å². The summed E-state index contributed by atoms with van der Waals surface area (Å²) in [5.74, 6) is -0.0624. The van der Waals surface area contributed by atoms with Gasteiger partial charge in [-0.2, -0.15) is 0 Å². The molecule has 1 aromatic carbocycles. The molecule has 3 aromatic rings. The van der Waals surface area contributed by atoms with Crippen LogP contribution in [0.5, 0.6) is 5.75 Å². The lowest BCUT2D eigenvalue weighted by Gasteiger charge is -2.18. The van der Waals surface area contributed by atoms with E-state index in [1.165, 1.54) is 23.5 Å². The van der Waals surface area contributed by atoms with E-state index in [1.807, 2.05) is 0 Å². The molecule has 3 heterocycles. The van der Waals surface area contributed by atoms with Crippen LogP contribution in [0, 0.1) is 5.82 Å². The highest BCUT2D eigenvalue weighted by Gasteiger charge is 2.23. The Labute approximate surface area is 146 Å². The quantitative estimate of drug-likeness (QED) is 0.706. The molecule has 4 rings (SSSR count). The summed E-state index contributed by atoms with van der Waals surface area (Å²) < 4.78 is 18.9. The minimum absolute atomic E-state index is 0.188. The zero-order valence-electron chi connectivity index (χ0n) is 13.1. The van der Waals surface area contributed by atoms with Crippen LogP contribution in [0.1, 0.15) is 16.1 Å². The zero-order chi connectivity index (χ0) is 17.2. The van der Waals surface area contributed by atoms with E-state index >= 15 is 0 Å². The van der Waals surface area contributed by atoms with Crippen LogP contribution in [0.15, 0.2) is 42.2 Å². The number of benzene rings is 1. The fraction of sp³-hybridized carbons (Fsp3) is 0.176. The highest BCUT2D eigenvalue weighted by Crippen LogP contribution is 2.26. The monoisotopic (exact) mass is 356 g/mol. The van der Waals surface area contributed by atoms with Gasteiger partial charge >= 0.3 is 0 Å². The Bertz CT molecular complexity index is 916. The molecule has 0 unspecified atom stereocenters. The van der Waals surface area contributed by atoms with E-state index < -0.39 is 0 Å². The smallest absolute Gasteiger partial charge is 0.273 e. The predicted molar refractivity (Wildman–Crippen MR) is 89.8 cm³/mol. The second kappa shape index (κ2) is 6.56. The van der Waals surface area contributed by atoms with E-state index in [1.54, 1.807) is 34.9 Å². The molecule has 1 aliphatic rings. The minimum atomic E-state index is -0.355. The van der Waals surface area contributed by atoms with E-state index in [-0.39, 0.29) is 11.7 Å². The van der Waals surface area contributed by atoms with Crippen LogP contribution in [0.2, 0.25) is 0 Å². The van der Waals surface area contributed by atoms with Gasteiger partial charge < -0.3 is 9.64 Å². The van der Waals surface area contributed by atoms with Crippen LogP contribution in [-0.4, -0.2) is 38.9 Å². The van der Waals surface area contributed by atoms with Gasteiger partial charge in [-0.25, -0.2) is 9.37 Å². The third-order valence-electron chi connectivity index (χ3n) is 3.80. The van der Waals surface area contributed by atoms with Crippen molar-refractivity contribution >= 4 is 17.2 Å². The Hall–Kier alpha value is -2.87. The van der Waals surface area contributed by atoms with Crippen molar-refractivity contribution in [2.24, 2.45) is 0 Å². The fourth-order valence-corrected chi connectivity index (χ4v) is 3.33. The van der Waals surface area contributed by atoms with Crippen LogP contribution in [-0.2, 0) is 6.54 Å². The van der Waals surface area contributed by atoms with Crippen molar-refractivity contribution in [3.63, 3.8) is 0 Å². The molecule has 8 heteroatoms. The third-order valence-corrected chi connectivity index (χ3v) is 4.67. The van der Waals surface area contributed by atoms with Gasteiger partial charge in [0.2, 0.25) is 0 Å². The van der Waals surface area contributed by atoms with Crippen LogP contribution in [0.25, 0.3) is 10.7 Å². The molecule has 0 aliphatic carbocycles. The molecule has 0 fully saturated rings. The van der Waals surface area contributed by atoms with Gasteiger partial charge in [-0.05, 0) is 6.07 Å². The number of hydrogen-bond donors (Lipinski definition) is 0. The van der Waals surface area contributed by atoms with E-state index in [4.69, 9.17) is 4.74 Å². The number of aromatic nitrogens is 3. The molecule has 2 aromatic heterocycles. The number of rotatable bonds is 2. The normalized spacial score (nSPS) is 13.7. The molecule has 0 bridgehead atoms. The number of ether oxygens (including phenoxy) is 1. The van der Waals surface area contributed by atoms with Crippen molar-refractivity contribution in [1.29, 1.82) is 0 Å². The Morgan fingerprint density at radius 3 is 3.08 bits per heavy atom. The van der Waals surface area contributed by atoms with Gasteiger partial charge in [-0.3, -0.25) is 14.8 Å².